The minimum atomic E-state index is 0.203. The Labute approximate surface area is 146 Å². The summed E-state index contributed by atoms with van der Waals surface area (Å²) in [6.45, 7) is 9.04. The molecule has 0 aromatic heterocycles. The van der Waals surface area contributed by atoms with Gasteiger partial charge in [0, 0.05) is 37.9 Å². The van der Waals surface area contributed by atoms with Gasteiger partial charge in [0.1, 0.15) is 0 Å². The quantitative estimate of drug-likeness (QED) is 0.922. The molecule has 1 aromatic carbocycles. The van der Waals surface area contributed by atoms with Crippen molar-refractivity contribution in [3.05, 3.63) is 30.3 Å². The molecule has 2 fully saturated rings. The topological polar surface area (TPSA) is 35.6 Å². The van der Waals surface area contributed by atoms with Gasteiger partial charge in [0.25, 0.3) is 0 Å². The first-order valence-electron chi connectivity index (χ1n) is 9.45. The van der Waals surface area contributed by atoms with Crippen molar-refractivity contribution in [2.75, 3.05) is 37.6 Å². The second-order valence-corrected chi connectivity index (χ2v) is 7.54. The van der Waals surface area contributed by atoms with E-state index in [9.17, 15) is 4.79 Å². The van der Waals surface area contributed by atoms with Gasteiger partial charge in [-0.2, -0.15) is 0 Å². The van der Waals surface area contributed by atoms with Gasteiger partial charge in [0.2, 0.25) is 5.91 Å². The van der Waals surface area contributed by atoms with Gasteiger partial charge in [0.15, 0.2) is 0 Å². The number of carbonyl (C=O) groups excluding carboxylic acids is 1. The highest BCUT2D eigenvalue weighted by atomic mass is 16.2. The van der Waals surface area contributed by atoms with Crippen LogP contribution in [-0.2, 0) is 4.79 Å². The fourth-order valence-corrected chi connectivity index (χ4v) is 4.04. The van der Waals surface area contributed by atoms with Crippen LogP contribution in [0.5, 0.6) is 0 Å². The molecule has 24 heavy (non-hydrogen) atoms. The molecule has 1 saturated carbocycles. The Balaban J connectivity index is 1.43. The smallest absolute Gasteiger partial charge is 0.234 e. The first-order valence-corrected chi connectivity index (χ1v) is 9.45. The van der Waals surface area contributed by atoms with Crippen molar-refractivity contribution in [2.45, 2.75) is 39.2 Å². The predicted octanol–water partition coefficient (Wildman–Crippen LogP) is 2.75. The number of carbonyl (C=O) groups is 1. The third-order valence-corrected chi connectivity index (χ3v) is 5.91. The summed E-state index contributed by atoms with van der Waals surface area (Å²) >= 11 is 0. The highest BCUT2D eigenvalue weighted by Gasteiger charge is 2.28. The Morgan fingerprint density at radius 1 is 1.08 bits per heavy atom. The van der Waals surface area contributed by atoms with Gasteiger partial charge in [-0.15, -0.1) is 0 Å². The Morgan fingerprint density at radius 2 is 1.79 bits per heavy atom. The molecule has 0 bridgehead atoms. The van der Waals surface area contributed by atoms with Crippen LogP contribution in [0.25, 0.3) is 0 Å². The molecule has 1 aromatic rings. The predicted molar refractivity (Wildman–Crippen MR) is 99.2 cm³/mol. The molecule has 1 saturated heterocycles. The van der Waals surface area contributed by atoms with Crippen LogP contribution in [0.2, 0.25) is 0 Å². The van der Waals surface area contributed by atoms with Crippen LogP contribution in [0.15, 0.2) is 30.3 Å². The van der Waals surface area contributed by atoms with Gasteiger partial charge in [-0.05, 0) is 30.4 Å². The summed E-state index contributed by atoms with van der Waals surface area (Å²) in [7, 11) is 0. The van der Waals surface area contributed by atoms with Gasteiger partial charge < -0.3 is 10.2 Å². The van der Waals surface area contributed by atoms with Gasteiger partial charge in [-0.1, -0.05) is 44.9 Å². The Bertz CT molecular complexity index is 525. The number of nitrogens with one attached hydrogen (secondary N) is 1. The zero-order valence-electron chi connectivity index (χ0n) is 15.1. The molecule has 1 aliphatic heterocycles. The molecule has 1 N–H and O–H groups in total. The summed E-state index contributed by atoms with van der Waals surface area (Å²) in [5.74, 6) is 1.52. The highest BCUT2D eigenvalue weighted by molar-refractivity contribution is 5.78. The third kappa shape index (κ3) is 4.29. The monoisotopic (exact) mass is 329 g/mol. The lowest BCUT2D eigenvalue weighted by Gasteiger charge is -2.37. The van der Waals surface area contributed by atoms with E-state index in [1.807, 2.05) is 0 Å². The number of anilines is 1. The van der Waals surface area contributed by atoms with E-state index in [0.29, 0.717) is 18.5 Å². The summed E-state index contributed by atoms with van der Waals surface area (Å²) in [6, 6.07) is 10.9. The normalized spacial score (nSPS) is 28.6. The second kappa shape index (κ2) is 8.02. The Morgan fingerprint density at radius 3 is 2.50 bits per heavy atom. The number of rotatable bonds is 4. The van der Waals surface area contributed by atoms with Gasteiger partial charge in [-0.3, -0.25) is 9.69 Å². The molecule has 1 amide bonds. The minimum absolute atomic E-state index is 0.203. The van der Waals surface area contributed by atoms with E-state index in [4.69, 9.17) is 0 Å². The molecule has 4 nitrogen and oxygen atoms in total. The molecule has 1 heterocycles. The Hall–Kier alpha value is -1.55. The lowest BCUT2D eigenvalue weighted by atomic mass is 9.78. The van der Waals surface area contributed by atoms with Gasteiger partial charge in [-0.25, -0.2) is 0 Å². The van der Waals surface area contributed by atoms with E-state index in [1.54, 1.807) is 0 Å². The van der Waals surface area contributed by atoms with Crippen LogP contribution in [-0.4, -0.2) is 49.6 Å². The van der Waals surface area contributed by atoms with E-state index >= 15 is 0 Å². The summed E-state index contributed by atoms with van der Waals surface area (Å²) in [6.07, 6.45) is 3.68. The molecule has 132 valence electrons. The zero-order valence-corrected chi connectivity index (χ0v) is 15.1. The van der Waals surface area contributed by atoms with Crippen LogP contribution in [0, 0.1) is 11.8 Å². The standard InChI is InChI=1S/C20H31N3O/c1-16-7-6-10-19(17(16)2)21-20(24)15-22-11-13-23(14-12-22)18-8-4-3-5-9-18/h3-5,8-9,16-17,19H,6-7,10-15H2,1-2H3,(H,21,24)/t16-,17+,19+/m1/s1. The molecule has 1 aliphatic carbocycles. The van der Waals surface area contributed by atoms with Crippen molar-refractivity contribution in [1.29, 1.82) is 0 Å². The molecule has 3 atom stereocenters. The minimum Gasteiger partial charge on any atom is -0.369 e. The van der Waals surface area contributed by atoms with E-state index < -0.39 is 0 Å². The summed E-state index contributed by atoms with van der Waals surface area (Å²) in [4.78, 5) is 17.1. The number of piperazine rings is 1. The van der Waals surface area contributed by atoms with Crippen LogP contribution in [0.1, 0.15) is 33.1 Å². The molecule has 0 spiro atoms. The number of benzene rings is 1. The maximum absolute atomic E-state index is 12.4. The second-order valence-electron chi connectivity index (χ2n) is 7.54. The van der Waals surface area contributed by atoms with E-state index in [2.05, 4.69) is 59.3 Å². The average molecular weight is 329 g/mol. The maximum Gasteiger partial charge on any atom is 0.234 e. The molecule has 3 rings (SSSR count). The fraction of sp³-hybridized carbons (Fsp3) is 0.650. The largest absolute Gasteiger partial charge is 0.369 e. The van der Waals surface area contributed by atoms with E-state index in [-0.39, 0.29) is 5.91 Å². The number of hydrogen-bond acceptors (Lipinski definition) is 3. The Kier molecular flexibility index (Phi) is 5.77. The SMILES string of the molecule is C[C@H]1[C@H](C)CCC[C@@H]1NC(=O)CN1CCN(c2ccccc2)CC1. The first-order chi connectivity index (χ1) is 11.6. The van der Waals surface area contributed by atoms with Crippen molar-refractivity contribution in [1.82, 2.24) is 10.2 Å². The molecule has 4 heteroatoms. The maximum atomic E-state index is 12.4. The van der Waals surface area contributed by atoms with Crippen molar-refractivity contribution in [2.24, 2.45) is 11.8 Å². The molecular formula is C20H31N3O. The summed E-state index contributed by atoms with van der Waals surface area (Å²) in [5.41, 5.74) is 1.28. The van der Waals surface area contributed by atoms with Gasteiger partial charge in [0.05, 0.1) is 6.54 Å². The number of nitrogens with zero attached hydrogens (tertiary/aromatic N) is 2. The third-order valence-electron chi connectivity index (χ3n) is 5.91. The zero-order chi connectivity index (χ0) is 16.9. The average Bonchev–Trinajstić information content (AvgIpc) is 2.60. The van der Waals surface area contributed by atoms with Crippen LogP contribution in [0.3, 0.4) is 0 Å². The summed E-state index contributed by atoms with van der Waals surface area (Å²) < 4.78 is 0. The lowest BCUT2D eigenvalue weighted by molar-refractivity contribution is -0.123. The first kappa shape index (κ1) is 17.3. The molecule has 2 aliphatic rings. The highest BCUT2D eigenvalue weighted by Crippen LogP contribution is 2.29. The lowest BCUT2D eigenvalue weighted by Crippen LogP contribution is -2.52. The van der Waals surface area contributed by atoms with E-state index in [1.165, 1.54) is 18.5 Å². The van der Waals surface area contributed by atoms with Crippen LogP contribution in [0.4, 0.5) is 5.69 Å². The van der Waals surface area contributed by atoms with Crippen molar-refractivity contribution in [3.63, 3.8) is 0 Å². The van der Waals surface area contributed by atoms with E-state index in [0.717, 1.165) is 38.5 Å². The molecular weight excluding hydrogens is 298 g/mol. The van der Waals surface area contributed by atoms with Crippen molar-refractivity contribution in [3.8, 4) is 0 Å². The molecule has 0 unspecified atom stereocenters. The molecule has 0 radical (unpaired) electrons. The van der Waals surface area contributed by atoms with Crippen molar-refractivity contribution >= 4 is 11.6 Å². The number of para-hydroxylation sites is 1. The summed E-state index contributed by atoms with van der Waals surface area (Å²) in [5, 5.41) is 3.30. The number of amides is 1. The van der Waals surface area contributed by atoms with Crippen LogP contribution >= 0.6 is 0 Å². The van der Waals surface area contributed by atoms with Gasteiger partial charge >= 0.3 is 0 Å². The fourth-order valence-electron chi connectivity index (χ4n) is 4.04. The number of hydrogen-bond donors (Lipinski definition) is 1. The van der Waals surface area contributed by atoms with Crippen LogP contribution < -0.4 is 10.2 Å². The van der Waals surface area contributed by atoms with Crippen molar-refractivity contribution < 1.29 is 4.79 Å².